The second-order valence-corrected chi connectivity index (χ2v) is 13.7. The quantitative estimate of drug-likeness (QED) is 0.0952. The fourth-order valence-electron chi connectivity index (χ4n) is 5.69. The van der Waals surface area contributed by atoms with Crippen molar-refractivity contribution < 1.29 is 28.3 Å². The lowest BCUT2D eigenvalue weighted by atomic mass is 10.0. The van der Waals surface area contributed by atoms with Crippen LogP contribution in [0.15, 0.2) is 111 Å². The molecule has 2 aliphatic rings. The topological polar surface area (TPSA) is 98.1 Å². The van der Waals surface area contributed by atoms with Gasteiger partial charge in [-0.2, -0.15) is 0 Å². The van der Waals surface area contributed by atoms with Crippen molar-refractivity contribution >= 4 is 74.8 Å². The minimum absolute atomic E-state index is 0.0244. The molecule has 0 saturated carbocycles. The van der Waals surface area contributed by atoms with Crippen molar-refractivity contribution in [2.24, 2.45) is 0 Å². The number of benzene rings is 4. The van der Waals surface area contributed by atoms with Crippen LogP contribution in [-0.4, -0.2) is 47.0 Å². The monoisotopic (exact) mass is 684 g/mol. The summed E-state index contributed by atoms with van der Waals surface area (Å²) in [5, 5.41) is 4.43. The highest BCUT2D eigenvalue weighted by Gasteiger charge is 2.54. The Morgan fingerprint density at radius 2 is 1.68 bits per heavy atom. The Morgan fingerprint density at radius 3 is 2.43 bits per heavy atom. The van der Waals surface area contributed by atoms with Gasteiger partial charge < -0.3 is 19.2 Å². The molecule has 5 aromatic rings. The SMILES string of the molecule is COc1ccc(COC(=O)C2=C(Sc3ccc4c(c3)oc3cc(CCl)ccc34)CS[C@H]3[C@H](NC(=O)Cc4ccccc4)C(=O)N23)cc1. The molecule has 0 unspecified atom stereocenters. The van der Waals surface area contributed by atoms with Crippen LogP contribution in [0.2, 0.25) is 0 Å². The zero-order valence-corrected chi connectivity index (χ0v) is 27.6. The molecule has 2 aliphatic heterocycles. The number of carbonyl (C=O) groups excluding carboxylic acids is 3. The number of methoxy groups -OCH3 is 1. The molecule has 4 aromatic carbocycles. The van der Waals surface area contributed by atoms with Crippen LogP contribution in [0.25, 0.3) is 21.9 Å². The molecule has 0 radical (unpaired) electrons. The van der Waals surface area contributed by atoms with Crippen molar-refractivity contribution in [1.82, 2.24) is 10.2 Å². The number of esters is 1. The standard InChI is InChI=1S/C36H29ClN2O6S2/c1-43-24-10-7-22(8-11-24)19-44-36(42)33-30(47-25-12-14-27-26-13-9-23(18-37)15-28(26)45-29(27)17-25)20-46-35-32(34(41)39(33)35)38-31(40)16-21-5-3-2-4-6-21/h2-15,17,32,35H,16,18-20H2,1H3,(H,38,40)/t32-,35+/m1/s1. The Hall–Kier alpha value is -4.38. The van der Waals surface area contributed by atoms with E-state index in [-0.39, 0.29) is 30.5 Å². The highest BCUT2D eigenvalue weighted by Crippen LogP contribution is 2.46. The van der Waals surface area contributed by atoms with Crippen LogP contribution in [0.4, 0.5) is 0 Å². The highest BCUT2D eigenvalue weighted by molar-refractivity contribution is 8.06. The van der Waals surface area contributed by atoms with Crippen LogP contribution in [0.5, 0.6) is 5.75 Å². The summed E-state index contributed by atoms with van der Waals surface area (Å²) in [6.07, 6.45) is 0.160. The maximum absolute atomic E-state index is 13.8. The lowest BCUT2D eigenvalue weighted by Gasteiger charge is -2.49. The van der Waals surface area contributed by atoms with E-state index in [1.807, 2.05) is 78.9 Å². The second-order valence-electron chi connectivity index (χ2n) is 11.1. The zero-order chi connectivity index (χ0) is 32.5. The van der Waals surface area contributed by atoms with E-state index in [4.69, 9.17) is 25.5 Å². The zero-order valence-electron chi connectivity index (χ0n) is 25.2. The van der Waals surface area contributed by atoms with Gasteiger partial charge in [0.1, 0.15) is 40.6 Å². The molecule has 8 nitrogen and oxygen atoms in total. The predicted molar refractivity (Wildman–Crippen MR) is 184 cm³/mol. The Morgan fingerprint density at radius 1 is 0.957 bits per heavy atom. The fraction of sp³-hybridized carbons (Fsp3) is 0.194. The maximum atomic E-state index is 13.8. The number of alkyl halides is 1. The van der Waals surface area contributed by atoms with Gasteiger partial charge in [0.15, 0.2) is 0 Å². The average Bonchev–Trinajstić information content (AvgIpc) is 3.46. The summed E-state index contributed by atoms with van der Waals surface area (Å²) in [7, 11) is 1.59. The van der Waals surface area contributed by atoms with Crippen LogP contribution >= 0.6 is 35.1 Å². The van der Waals surface area contributed by atoms with Crippen molar-refractivity contribution in [3.8, 4) is 5.75 Å². The van der Waals surface area contributed by atoms with Gasteiger partial charge in [-0.15, -0.1) is 23.4 Å². The number of hydrogen-bond acceptors (Lipinski definition) is 8. The molecule has 2 amide bonds. The minimum atomic E-state index is -0.739. The molecule has 0 spiro atoms. The first-order chi connectivity index (χ1) is 22.9. The summed E-state index contributed by atoms with van der Waals surface area (Å²) in [5.74, 6) is 0.343. The number of amides is 2. The third kappa shape index (κ3) is 6.33. The molecule has 1 fully saturated rings. The van der Waals surface area contributed by atoms with Gasteiger partial charge in [-0.1, -0.05) is 66.4 Å². The number of thioether (sulfide) groups is 2. The minimum Gasteiger partial charge on any atom is -0.497 e. The van der Waals surface area contributed by atoms with Crippen molar-refractivity contribution in [2.45, 2.75) is 35.2 Å². The van der Waals surface area contributed by atoms with Crippen LogP contribution in [0.1, 0.15) is 16.7 Å². The van der Waals surface area contributed by atoms with Gasteiger partial charge in [-0.25, -0.2) is 4.79 Å². The fourth-order valence-corrected chi connectivity index (χ4v) is 8.36. The van der Waals surface area contributed by atoms with Gasteiger partial charge in [0, 0.05) is 32.2 Å². The molecule has 3 heterocycles. The summed E-state index contributed by atoms with van der Waals surface area (Å²) in [4.78, 5) is 43.2. The Balaban J connectivity index is 1.15. The van der Waals surface area contributed by atoms with Gasteiger partial charge in [0.05, 0.1) is 13.5 Å². The molecule has 11 heteroatoms. The van der Waals surface area contributed by atoms with Crippen molar-refractivity contribution in [3.63, 3.8) is 0 Å². The third-order valence-electron chi connectivity index (χ3n) is 8.08. The van der Waals surface area contributed by atoms with E-state index in [0.717, 1.165) is 37.9 Å². The highest BCUT2D eigenvalue weighted by atomic mass is 35.5. The van der Waals surface area contributed by atoms with Crippen LogP contribution in [-0.2, 0) is 38.0 Å². The lowest BCUT2D eigenvalue weighted by molar-refractivity contribution is -0.153. The van der Waals surface area contributed by atoms with E-state index in [9.17, 15) is 14.4 Å². The largest absolute Gasteiger partial charge is 0.497 e. The average molecular weight is 685 g/mol. The van der Waals surface area contributed by atoms with E-state index in [0.29, 0.717) is 27.9 Å². The molecular weight excluding hydrogens is 656 g/mol. The summed E-state index contributed by atoms with van der Waals surface area (Å²) < 4.78 is 17.2. The smallest absolute Gasteiger partial charge is 0.356 e. The van der Waals surface area contributed by atoms with Crippen LogP contribution < -0.4 is 10.1 Å². The van der Waals surface area contributed by atoms with E-state index in [1.165, 1.54) is 28.4 Å². The van der Waals surface area contributed by atoms with Crippen LogP contribution in [0, 0.1) is 0 Å². The number of nitrogens with zero attached hydrogens (tertiary/aromatic N) is 1. The lowest BCUT2D eigenvalue weighted by Crippen LogP contribution is -2.70. The molecular formula is C36H29ClN2O6S2. The number of hydrogen-bond donors (Lipinski definition) is 1. The molecule has 2 atom stereocenters. The number of carbonyl (C=O) groups is 3. The molecule has 1 N–H and O–H groups in total. The molecule has 1 aromatic heterocycles. The Labute approximate surface area is 284 Å². The molecule has 47 heavy (non-hydrogen) atoms. The molecule has 0 aliphatic carbocycles. The first-order valence-electron chi connectivity index (χ1n) is 14.9. The normalized spacial score (nSPS) is 17.4. The summed E-state index contributed by atoms with van der Waals surface area (Å²) in [6, 6.07) is 27.7. The first kappa shape index (κ1) is 31.2. The molecule has 238 valence electrons. The number of nitrogens with one attached hydrogen (secondary N) is 1. The number of fused-ring (bicyclic) bond motifs is 4. The number of ether oxygens (including phenoxy) is 2. The summed E-state index contributed by atoms with van der Waals surface area (Å²) in [6.45, 7) is 0.0244. The van der Waals surface area contributed by atoms with Gasteiger partial charge in [-0.3, -0.25) is 14.5 Å². The van der Waals surface area contributed by atoms with Gasteiger partial charge in [0.2, 0.25) is 5.91 Å². The van der Waals surface area contributed by atoms with Gasteiger partial charge in [-0.05, 0) is 53.1 Å². The third-order valence-corrected chi connectivity index (χ3v) is 10.9. The Kier molecular flexibility index (Phi) is 8.90. The van der Waals surface area contributed by atoms with Crippen molar-refractivity contribution in [2.75, 3.05) is 12.9 Å². The number of halogens is 1. The van der Waals surface area contributed by atoms with E-state index in [1.54, 1.807) is 19.2 Å². The molecule has 7 rings (SSSR count). The van der Waals surface area contributed by atoms with Gasteiger partial charge >= 0.3 is 5.97 Å². The van der Waals surface area contributed by atoms with Crippen LogP contribution in [0.3, 0.4) is 0 Å². The predicted octanol–water partition coefficient (Wildman–Crippen LogP) is 7.02. The van der Waals surface area contributed by atoms with Crippen molar-refractivity contribution in [1.29, 1.82) is 0 Å². The van der Waals surface area contributed by atoms with E-state index >= 15 is 0 Å². The van der Waals surface area contributed by atoms with E-state index < -0.39 is 17.4 Å². The number of β-lactam (4-membered cyclic amide) rings is 1. The van der Waals surface area contributed by atoms with Crippen molar-refractivity contribution in [3.05, 3.63) is 118 Å². The number of furan rings is 1. The number of rotatable bonds is 10. The van der Waals surface area contributed by atoms with E-state index in [2.05, 4.69) is 5.32 Å². The molecule has 1 saturated heterocycles. The summed E-state index contributed by atoms with van der Waals surface area (Å²) in [5.41, 5.74) is 4.27. The maximum Gasteiger partial charge on any atom is 0.356 e. The molecule has 0 bridgehead atoms. The second kappa shape index (κ2) is 13.4. The summed E-state index contributed by atoms with van der Waals surface area (Å²) >= 11 is 8.93. The Bertz CT molecular complexity index is 2030. The van der Waals surface area contributed by atoms with Gasteiger partial charge in [0.25, 0.3) is 5.91 Å². The first-order valence-corrected chi connectivity index (χ1v) is 17.3.